The van der Waals surface area contributed by atoms with Crippen LogP contribution in [0.5, 0.6) is 11.5 Å². The summed E-state index contributed by atoms with van der Waals surface area (Å²) >= 11 is 0. The van der Waals surface area contributed by atoms with Gasteiger partial charge in [0.05, 0.1) is 31.7 Å². The molecule has 0 saturated heterocycles. The zero-order valence-corrected chi connectivity index (χ0v) is 24.5. The number of carboxylic acids is 1. The van der Waals surface area contributed by atoms with Gasteiger partial charge < -0.3 is 19.5 Å². The highest BCUT2D eigenvalue weighted by molar-refractivity contribution is 5.73. The van der Waals surface area contributed by atoms with E-state index < -0.39 is 17.7 Å². The average Bonchev–Trinajstić information content (AvgIpc) is 2.95. The number of anilines is 1. The van der Waals surface area contributed by atoms with E-state index in [1.807, 2.05) is 49.1 Å². The number of methoxy groups -OCH3 is 1. The Morgan fingerprint density at radius 3 is 2.30 bits per heavy atom. The molecule has 4 rings (SSSR count). The molecule has 0 amide bonds. The van der Waals surface area contributed by atoms with Crippen LogP contribution in [0.4, 0.5) is 19.1 Å². The number of aromatic nitrogens is 2. The van der Waals surface area contributed by atoms with Crippen molar-refractivity contribution in [2.45, 2.75) is 52.9 Å². The van der Waals surface area contributed by atoms with Crippen LogP contribution in [-0.4, -0.2) is 34.8 Å². The number of aliphatic carboxylic acids is 1. The molecular formula is C33H34F3N3O4. The van der Waals surface area contributed by atoms with Gasteiger partial charge in [-0.25, -0.2) is 9.97 Å². The van der Waals surface area contributed by atoms with Gasteiger partial charge in [0.1, 0.15) is 5.75 Å². The van der Waals surface area contributed by atoms with Gasteiger partial charge in [0, 0.05) is 19.5 Å². The molecule has 43 heavy (non-hydrogen) atoms. The Kier molecular flexibility index (Phi) is 9.90. The largest absolute Gasteiger partial charge is 0.497 e. The summed E-state index contributed by atoms with van der Waals surface area (Å²) in [4.78, 5) is 21.5. The smallest absolute Gasteiger partial charge is 0.416 e. The Balaban J connectivity index is 1.72. The summed E-state index contributed by atoms with van der Waals surface area (Å²) in [6.07, 6.45) is -1.20. The normalized spacial score (nSPS) is 11.3. The van der Waals surface area contributed by atoms with Gasteiger partial charge in [0.15, 0.2) is 5.75 Å². The zero-order valence-electron chi connectivity index (χ0n) is 24.5. The van der Waals surface area contributed by atoms with Crippen LogP contribution >= 0.6 is 0 Å². The number of rotatable bonds is 12. The van der Waals surface area contributed by atoms with Crippen molar-refractivity contribution in [3.8, 4) is 22.6 Å². The number of alkyl halides is 3. The molecule has 0 fully saturated rings. The minimum absolute atomic E-state index is 0.0191. The van der Waals surface area contributed by atoms with Gasteiger partial charge >= 0.3 is 12.1 Å². The molecule has 0 atom stereocenters. The summed E-state index contributed by atoms with van der Waals surface area (Å²) in [6, 6.07) is 16.0. The molecule has 0 bridgehead atoms. The number of aryl methyl sites for hydroxylation is 3. The Morgan fingerprint density at radius 2 is 1.63 bits per heavy atom. The monoisotopic (exact) mass is 593 g/mol. The first-order chi connectivity index (χ1) is 20.4. The van der Waals surface area contributed by atoms with E-state index in [1.165, 1.54) is 12.4 Å². The second-order valence-corrected chi connectivity index (χ2v) is 10.5. The fraction of sp³-hybridized carbons (Fsp3) is 0.303. The Hall–Kier alpha value is -4.60. The lowest BCUT2D eigenvalue weighted by molar-refractivity contribution is -0.138. The topological polar surface area (TPSA) is 84.8 Å². The van der Waals surface area contributed by atoms with Crippen molar-refractivity contribution < 1.29 is 32.5 Å². The minimum Gasteiger partial charge on any atom is -0.497 e. The number of hydrogen-bond acceptors (Lipinski definition) is 6. The lowest BCUT2D eigenvalue weighted by Gasteiger charge is -2.25. The number of benzene rings is 3. The highest BCUT2D eigenvalue weighted by Crippen LogP contribution is 2.34. The number of ether oxygens (including phenoxy) is 2. The molecule has 1 N–H and O–H groups in total. The summed E-state index contributed by atoms with van der Waals surface area (Å²) in [5.41, 5.74) is 5.22. The van der Waals surface area contributed by atoms with Crippen molar-refractivity contribution in [2.24, 2.45) is 0 Å². The first-order valence-corrected chi connectivity index (χ1v) is 13.8. The van der Waals surface area contributed by atoms with Crippen LogP contribution in [0.15, 0.2) is 67.0 Å². The van der Waals surface area contributed by atoms with Gasteiger partial charge in [-0.15, -0.1) is 0 Å². The highest BCUT2D eigenvalue weighted by Gasteiger charge is 2.31. The maximum Gasteiger partial charge on any atom is 0.416 e. The fourth-order valence-electron chi connectivity index (χ4n) is 4.84. The maximum absolute atomic E-state index is 13.7. The number of halogens is 3. The summed E-state index contributed by atoms with van der Waals surface area (Å²) in [7, 11) is 1.61. The van der Waals surface area contributed by atoms with E-state index in [9.17, 15) is 18.0 Å². The molecular weight excluding hydrogens is 559 g/mol. The lowest BCUT2D eigenvalue weighted by atomic mass is 9.94. The van der Waals surface area contributed by atoms with Crippen molar-refractivity contribution in [3.63, 3.8) is 0 Å². The van der Waals surface area contributed by atoms with E-state index >= 15 is 0 Å². The lowest BCUT2D eigenvalue weighted by Crippen LogP contribution is -2.25. The van der Waals surface area contributed by atoms with Gasteiger partial charge in [-0.1, -0.05) is 41.5 Å². The number of carbonyl (C=O) groups is 1. The van der Waals surface area contributed by atoms with Crippen molar-refractivity contribution in [3.05, 3.63) is 100 Å². The molecule has 7 nitrogen and oxygen atoms in total. The summed E-state index contributed by atoms with van der Waals surface area (Å²) in [6.45, 7) is 6.25. The molecule has 0 aliphatic carbocycles. The Morgan fingerprint density at radius 1 is 0.884 bits per heavy atom. The zero-order chi connectivity index (χ0) is 31.1. The van der Waals surface area contributed by atoms with Crippen LogP contribution in [0.25, 0.3) is 11.1 Å². The minimum atomic E-state index is -4.48. The predicted octanol–water partition coefficient (Wildman–Crippen LogP) is 7.55. The molecule has 10 heteroatoms. The van der Waals surface area contributed by atoms with Crippen LogP contribution < -0.4 is 14.4 Å². The van der Waals surface area contributed by atoms with Gasteiger partial charge in [0.2, 0.25) is 5.95 Å². The molecule has 226 valence electrons. The van der Waals surface area contributed by atoms with Crippen molar-refractivity contribution in [1.82, 2.24) is 9.97 Å². The predicted molar refractivity (Wildman–Crippen MR) is 158 cm³/mol. The van der Waals surface area contributed by atoms with Gasteiger partial charge in [0.25, 0.3) is 0 Å². The molecule has 4 aromatic rings. The second kappa shape index (κ2) is 13.6. The van der Waals surface area contributed by atoms with Crippen molar-refractivity contribution in [1.29, 1.82) is 0 Å². The average molecular weight is 594 g/mol. The summed E-state index contributed by atoms with van der Waals surface area (Å²) in [5.74, 6) is 0.482. The summed E-state index contributed by atoms with van der Waals surface area (Å²) < 4.78 is 52.0. The molecule has 0 aliphatic heterocycles. The van der Waals surface area contributed by atoms with Gasteiger partial charge in [-0.05, 0) is 79.3 Å². The maximum atomic E-state index is 13.7. The van der Waals surface area contributed by atoms with Crippen LogP contribution in [-0.2, 0) is 24.1 Å². The van der Waals surface area contributed by atoms with Crippen LogP contribution in [0.1, 0.15) is 46.2 Å². The van der Waals surface area contributed by atoms with E-state index in [4.69, 9.17) is 14.6 Å². The van der Waals surface area contributed by atoms with Crippen molar-refractivity contribution in [2.75, 3.05) is 18.6 Å². The van der Waals surface area contributed by atoms with Gasteiger partial charge in [-0.3, -0.25) is 4.79 Å². The van der Waals surface area contributed by atoms with Crippen LogP contribution in [0.2, 0.25) is 0 Å². The Bertz CT molecular complexity index is 1570. The molecule has 3 aromatic carbocycles. The molecule has 0 radical (unpaired) electrons. The standard InChI is InChI=1S/C33H34F3N3O4/c1-21-7-10-29(30-16-27(42-4)9-8-23(30)3)25(13-21)20-39(19-24-12-22(2)14-26(15-24)33(34,35)36)32-37-17-28(18-38-32)43-11-5-6-31(40)41/h7-10,12-18H,5-6,11,19-20H2,1-4H3,(H,40,41). The third kappa shape index (κ3) is 8.47. The second-order valence-electron chi connectivity index (χ2n) is 10.5. The number of hydrogen-bond donors (Lipinski definition) is 1. The molecule has 1 aromatic heterocycles. The third-order valence-corrected chi connectivity index (χ3v) is 6.90. The van der Waals surface area contributed by atoms with E-state index in [0.717, 1.165) is 39.9 Å². The van der Waals surface area contributed by atoms with Gasteiger partial charge in [-0.2, -0.15) is 13.2 Å². The molecule has 0 saturated carbocycles. The van der Waals surface area contributed by atoms with Crippen LogP contribution in [0.3, 0.4) is 0 Å². The third-order valence-electron chi connectivity index (χ3n) is 6.90. The molecule has 1 heterocycles. The van der Waals surface area contributed by atoms with E-state index in [1.54, 1.807) is 20.1 Å². The SMILES string of the molecule is COc1ccc(C)c(-c2ccc(C)cc2CN(Cc2cc(C)cc(C(F)(F)F)c2)c2ncc(OCCCC(=O)O)cn2)c1. The highest BCUT2D eigenvalue weighted by atomic mass is 19.4. The number of nitrogens with zero attached hydrogens (tertiary/aromatic N) is 3. The summed E-state index contributed by atoms with van der Waals surface area (Å²) in [5, 5.41) is 8.83. The van der Waals surface area contributed by atoms with E-state index in [2.05, 4.69) is 16.0 Å². The quantitative estimate of drug-likeness (QED) is 0.170. The number of carboxylic acid groups (broad SMARTS) is 1. The van der Waals surface area contributed by atoms with E-state index in [-0.39, 0.29) is 19.6 Å². The Labute approximate surface area is 248 Å². The van der Waals surface area contributed by atoms with Crippen molar-refractivity contribution >= 4 is 11.9 Å². The van der Waals surface area contributed by atoms with E-state index in [0.29, 0.717) is 41.5 Å². The first kappa shape index (κ1) is 31.3. The fourth-order valence-corrected chi connectivity index (χ4v) is 4.84. The van der Waals surface area contributed by atoms with Crippen LogP contribution in [0, 0.1) is 20.8 Å². The molecule has 0 unspecified atom stereocenters. The first-order valence-electron chi connectivity index (χ1n) is 13.8. The molecule has 0 aliphatic rings. The molecule has 0 spiro atoms.